The zero-order valence-corrected chi connectivity index (χ0v) is 18.7. The van der Waals surface area contributed by atoms with Gasteiger partial charge in [0.25, 0.3) is 5.88 Å². The first-order valence-corrected chi connectivity index (χ1v) is 10.8. The molecule has 9 heteroatoms. The Labute approximate surface area is 187 Å². The van der Waals surface area contributed by atoms with E-state index in [0.717, 1.165) is 24.3 Å². The lowest BCUT2D eigenvalue weighted by atomic mass is 10.0. The second-order valence-electron chi connectivity index (χ2n) is 8.35. The van der Waals surface area contributed by atoms with Gasteiger partial charge in [0.05, 0.1) is 19.6 Å². The molecule has 2 atom stereocenters. The van der Waals surface area contributed by atoms with Gasteiger partial charge in [-0.15, -0.1) is 0 Å². The van der Waals surface area contributed by atoms with Gasteiger partial charge in [-0.2, -0.15) is 0 Å². The third-order valence-electron chi connectivity index (χ3n) is 5.90. The molecule has 2 saturated heterocycles. The van der Waals surface area contributed by atoms with Crippen LogP contribution in [0.1, 0.15) is 19.3 Å². The minimum absolute atomic E-state index is 0.00893. The van der Waals surface area contributed by atoms with Crippen LogP contribution in [0.2, 0.25) is 0 Å². The van der Waals surface area contributed by atoms with Gasteiger partial charge in [0.2, 0.25) is 11.8 Å². The Hall–Kier alpha value is -3.36. The van der Waals surface area contributed by atoms with Crippen LogP contribution in [-0.4, -0.2) is 73.6 Å². The molecule has 2 aliphatic rings. The maximum absolute atomic E-state index is 13.2. The lowest BCUT2D eigenvalue weighted by molar-refractivity contribution is -0.138. The number of methoxy groups -OCH3 is 1. The molecule has 2 unspecified atom stereocenters. The van der Waals surface area contributed by atoms with Crippen LogP contribution in [0.25, 0.3) is 0 Å². The Morgan fingerprint density at radius 3 is 2.59 bits per heavy atom. The maximum Gasteiger partial charge on any atom is 0.257 e. The van der Waals surface area contributed by atoms with Crippen molar-refractivity contribution in [1.82, 2.24) is 14.9 Å². The first-order chi connectivity index (χ1) is 15.5. The van der Waals surface area contributed by atoms with Gasteiger partial charge < -0.3 is 24.2 Å². The quantitative estimate of drug-likeness (QED) is 0.680. The van der Waals surface area contributed by atoms with E-state index in [1.54, 1.807) is 24.4 Å². The summed E-state index contributed by atoms with van der Waals surface area (Å²) in [5.74, 6) is 1.49. The molecule has 3 heterocycles. The van der Waals surface area contributed by atoms with Gasteiger partial charge in [-0.05, 0) is 37.1 Å². The first kappa shape index (κ1) is 21.9. The number of benzene rings is 1. The zero-order valence-electron chi connectivity index (χ0n) is 18.7. The number of piperidine rings is 1. The standard InChI is InChI=1S/C23H29N5O4/c1-26(2)21-22(25-11-10-24-21)32-19-5-4-12-27(15-19)23(30)16-13-20(29)28(14-16)17-6-8-18(31-3)9-7-17/h6-11,16,19H,4-5,12-15H2,1-3H3. The van der Waals surface area contributed by atoms with Gasteiger partial charge in [0.1, 0.15) is 11.9 Å². The van der Waals surface area contributed by atoms with E-state index in [1.165, 1.54) is 0 Å². The maximum atomic E-state index is 13.2. The molecule has 32 heavy (non-hydrogen) atoms. The normalized spacial score (nSPS) is 20.9. The van der Waals surface area contributed by atoms with Crippen molar-refractivity contribution in [1.29, 1.82) is 0 Å². The minimum atomic E-state index is -0.350. The van der Waals surface area contributed by atoms with Crippen molar-refractivity contribution >= 4 is 23.3 Å². The van der Waals surface area contributed by atoms with Crippen LogP contribution < -0.4 is 19.3 Å². The Kier molecular flexibility index (Phi) is 6.43. The summed E-state index contributed by atoms with van der Waals surface area (Å²) >= 11 is 0. The van der Waals surface area contributed by atoms with Gasteiger partial charge in [-0.1, -0.05) is 0 Å². The predicted octanol–water partition coefficient (Wildman–Crippen LogP) is 1.97. The Morgan fingerprint density at radius 2 is 1.88 bits per heavy atom. The minimum Gasteiger partial charge on any atom is -0.497 e. The molecule has 4 rings (SSSR count). The highest BCUT2D eigenvalue weighted by Gasteiger charge is 2.38. The van der Waals surface area contributed by atoms with E-state index in [-0.39, 0.29) is 30.3 Å². The number of ether oxygens (including phenoxy) is 2. The van der Waals surface area contributed by atoms with Crippen LogP contribution in [0.3, 0.4) is 0 Å². The molecule has 9 nitrogen and oxygen atoms in total. The van der Waals surface area contributed by atoms with Crippen LogP contribution in [0, 0.1) is 5.92 Å². The summed E-state index contributed by atoms with van der Waals surface area (Å²) in [6.45, 7) is 1.55. The number of rotatable bonds is 6. The molecule has 2 aliphatic heterocycles. The van der Waals surface area contributed by atoms with Crippen LogP contribution in [0.15, 0.2) is 36.7 Å². The summed E-state index contributed by atoms with van der Waals surface area (Å²) in [6.07, 6.45) is 4.99. The van der Waals surface area contributed by atoms with Crippen molar-refractivity contribution in [3.8, 4) is 11.6 Å². The second-order valence-corrected chi connectivity index (χ2v) is 8.35. The van der Waals surface area contributed by atoms with Gasteiger partial charge in [0, 0.05) is 51.7 Å². The van der Waals surface area contributed by atoms with Gasteiger partial charge >= 0.3 is 0 Å². The smallest absolute Gasteiger partial charge is 0.257 e. The van der Waals surface area contributed by atoms with Crippen molar-refractivity contribution < 1.29 is 19.1 Å². The highest BCUT2D eigenvalue weighted by Crippen LogP contribution is 2.29. The monoisotopic (exact) mass is 439 g/mol. The fourth-order valence-corrected chi connectivity index (χ4v) is 4.24. The fourth-order valence-electron chi connectivity index (χ4n) is 4.24. The van der Waals surface area contributed by atoms with Crippen LogP contribution >= 0.6 is 0 Å². The molecule has 2 aromatic rings. The Morgan fingerprint density at radius 1 is 1.12 bits per heavy atom. The zero-order chi connectivity index (χ0) is 22.7. The number of aromatic nitrogens is 2. The summed E-state index contributed by atoms with van der Waals surface area (Å²) in [7, 11) is 5.38. The molecule has 2 fully saturated rings. The molecule has 1 aromatic carbocycles. The molecule has 0 saturated carbocycles. The molecular formula is C23H29N5O4. The average Bonchev–Trinajstić information content (AvgIpc) is 3.20. The van der Waals surface area contributed by atoms with Crippen molar-refractivity contribution in [2.75, 3.05) is 50.6 Å². The van der Waals surface area contributed by atoms with Crippen molar-refractivity contribution in [3.05, 3.63) is 36.7 Å². The SMILES string of the molecule is COc1ccc(N2CC(C(=O)N3CCCC(Oc4nccnc4N(C)C)C3)CC2=O)cc1. The number of hydrogen-bond donors (Lipinski definition) is 0. The Bertz CT molecular complexity index is 965. The number of carbonyl (C=O) groups is 2. The Balaban J connectivity index is 1.39. The van der Waals surface area contributed by atoms with Crippen LogP contribution in [0.5, 0.6) is 11.6 Å². The summed E-state index contributed by atoms with van der Waals surface area (Å²) < 4.78 is 11.3. The second kappa shape index (κ2) is 9.42. The third kappa shape index (κ3) is 4.61. The number of hydrogen-bond acceptors (Lipinski definition) is 7. The molecule has 1 aromatic heterocycles. The average molecular weight is 440 g/mol. The van der Waals surface area contributed by atoms with E-state index in [4.69, 9.17) is 9.47 Å². The van der Waals surface area contributed by atoms with E-state index in [1.807, 2.05) is 48.2 Å². The highest BCUT2D eigenvalue weighted by molar-refractivity contribution is 6.00. The largest absolute Gasteiger partial charge is 0.497 e. The van der Waals surface area contributed by atoms with Crippen molar-refractivity contribution in [2.45, 2.75) is 25.4 Å². The molecule has 0 radical (unpaired) electrons. The molecule has 0 aliphatic carbocycles. The van der Waals surface area contributed by atoms with E-state index >= 15 is 0 Å². The number of carbonyl (C=O) groups excluding carboxylic acids is 2. The lowest BCUT2D eigenvalue weighted by Gasteiger charge is -2.34. The van der Waals surface area contributed by atoms with Gasteiger partial charge in [-0.25, -0.2) is 9.97 Å². The third-order valence-corrected chi connectivity index (χ3v) is 5.90. The van der Waals surface area contributed by atoms with Crippen molar-refractivity contribution in [2.24, 2.45) is 5.92 Å². The summed E-state index contributed by atoms with van der Waals surface area (Å²) in [4.78, 5) is 39.9. The molecular weight excluding hydrogens is 410 g/mol. The van der Waals surface area contributed by atoms with E-state index < -0.39 is 0 Å². The number of likely N-dealkylation sites (tertiary alicyclic amines) is 1. The summed E-state index contributed by atoms with van der Waals surface area (Å²) in [5.41, 5.74) is 0.782. The van der Waals surface area contributed by atoms with Crippen LogP contribution in [0.4, 0.5) is 11.5 Å². The van der Waals surface area contributed by atoms with Crippen molar-refractivity contribution in [3.63, 3.8) is 0 Å². The predicted molar refractivity (Wildman–Crippen MR) is 120 cm³/mol. The summed E-state index contributed by atoms with van der Waals surface area (Å²) in [6, 6.07) is 7.33. The molecule has 0 N–H and O–H groups in total. The summed E-state index contributed by atoms with van der Waals surface area (Å²) in [5, 5.41) is 0. The molecule has 2 amide bonds. The van der Waals surface area contributed by atoms with E-state index in [0.29, 0.717) is 31.3 Å². The molecule has 0 bridgehead atoms. The van der Waals surface area contributed by atoms with Gasteiger partial charge in [0.15, 0.2) is 5.82 Å². The number of nitrogens with zero attached hydrogens (tertiary/aromatic N) is 5. The number of anilines is 2. The first-order valence-electron chi connectivity index (χ1n) is 10.8. The lowest BCUT2D eigenvalue weighted by Crippen LogP contribution is -2.47. The number of amides is 2. The van der Waals surface area contributed by atoms with Crippen LogP contribution in [-0.2, 0) is 9.59 Å². The fraction of sp³-hybridized carbons (Fsp3) is 0.478. The van der Waals surface area contributed by atoms with E-state index in [9.17, 15) is 9.59 Å². The topological polar surface area (TPSA) is 88.1 Å². The molecule has 170 valence electrons. The van der Waals surface area contributed by atoms with Gasteiger partial charge in [-0.3, -0.25) is 9.59 Å². The van der Waals surface area contributed by atoms with E-state index in [2.05, 4.69) is 9.97 Å². The highest BCUT2D eigenvalue weighted by atomic mass is 16.5. The molecule has 0 spiro atoms.